The van der Waals surface area contributed by atoms with Crippen molar-refractivity contribution in [3.63, 3.8) is 0 Å². The van der Waals surface area contributed by atoms with E-state index in [0.717, 1.165) is 11.1 Å². The predicted molar refractivity (Wildman–Crippen MR) is 91.1 cm³/mol. The lowest BCUT2D eigenvalue weighted by atomic mass is 10.1. The van der Waals surface area contributed by atoms with Gasteiger partial charge in [-0.25, -0.2) is 8.78 Å². The fourth-order valence-electron chi connectivity index (χ4n) is 1.65. The molecule has 2 nitrogen and oxygen atoms in total. The number of rotatable bonds is 7. The second-order valence-corrected chi connectivity index (χ2v) is 12.2. The van der Waals surface area contributed by atoms with Gasteiger partial charge in [-0.2, -0.15) is 0 Å². The molecule has 1 N–H and O–H groups in total. The summed E-state index contributed by atoms with van der Waals surface area (Å²) in [6, 6.07) is 5.57. The molecule has 1 aromatic rings. The summed E-state index contributed by atoms with van der Waals surface area (Å²) in [6.45, 7) is 11.5. The van der Waals surface area contributed by atoms with E-state index in [2.05, 4.69) is 39.2 Å². The Morgan fingerprint density at radius 1 is 1.27 bits per heavy atom. The summed E-state index contributed by atoms with van der Waals surface area (Å²) in [7, 11) is -1.84. The van der Waals surface area contributed by atoms with Crippen molar-refractivity contribution in [2.24, 2.45) is 0 Å². The number of alkyl halides is 2. The van der Waals surface area contributed by atoms with Gasteiger partial charge >= 0.3 is 0 Å². The van der Waals surface area contributed by atoms with Crippen molar-refractivity contribution in [3.05, 3.63) is 34.3 Å². The first-order valence-electron chi connectivity index (χ1n) is 7.43. The van der Waals surface area contributed by atoms with Crippen LogP contribution in [0, 0.1) is 0 Å². The molecule has 0 saturated heterocycles. The van der Waals surface area contributed by atoms with Gasteiger partial charge in [0, 0.05) is 11.6 Å². The van der Waals surface area contributed by atoms with Crippen LogP contribution in [0.15, 0.2) is 18.2 Å². The first-order valence-corrected chi connectivity index (χ1v) is 10.7. The summed E-state index contributed by atoms with van der Waals surface area (Å²) in [4.78, 5) is 0. The molecule has 0 bridgehead atoms. The molecule has 0 heterocycles. The quantitative estimate of drug-likeness (QED) is 0.682. The molecular weight excluding hydrogens is 324 g/mol. The van der Waals surface area contributed by atoms with Crippen LogP contribution in [0.2, 0.25) is 23.2 Å². The molecule has 0 spiro atoms. The standard InChI is InChI=1S/C16H26ClF2NOSi/c1-16(2,3)22(4,5)21-11-13-8-12(6-7-14(13)17)9-20-10-15(18)19/h6-8,15,20H,9-11H2,1-5H3. The molecule has 0 aromatic heterocycles. The lowest BCUT2D eigenvalue weighted by Gasteiger charge is -2.36. The molecule has 6 heteroatoms. The van der Waals surface area contributed by atoms with Crippen molar-refractivity contribution in [3.8, 4) is 0 Å². The molecule has 0 saturated carbocycles. The van der Waals surface area contributed by atoms with Crippen molar-refractivity contribution in [2.45, 2.75) is 58.5 Å². The van der Waals surface area contributed by atoms with Gasteiger partial charge in [-0.15, -0.1) is 0 Å². The summed E-state index contributed by atoms with van der Waals surface area (Å²) in [5, 5.41) is 3.50. The van der Waals surface area contributed by atoms with E-state index in [4.69, 9.17) is 16.0 Å². The Labute approximate surface area is 138 Å². The van der Waals surface area contributed by atoms with E-state index in [1.807, 2.05) is 12.1 Å². The Hall–Kier alpha value is -0.493. The van der Waals surface area contributed by atoms with Gasteiger partial charge in [-0.3, -0.25) is 0 Å². The highest BCUT2D eigenvalue weighted by atomic mass is 35.5. The zero-order valence-electron chi connectivity index (χ0n) is 14.0. The summed E-state index contributed by atoms with van der Waals surface area (Å²) in [5.74, 6) is 0. The molecule has 0 amide bonds. The molecule has 0 unspecified atom stereocenters. The molecule has 0 atom stereocenters. The largest absolute Gasteiger partial charge is 0.413 e. The SMILES string of the molecule is CC(C)(C)[Si](C)(C)OCc1cc(CNCC(F)F)ccc1Cl. The molecule has 0 aliphatic heterocycles. The van der Waals surface area contributed by atoms with Crippen LogP contribution in [0.4, 0.5) is 8.78 Å². The van der Waals surface area contributed by atoms with Crippen LogP contribution in [-0.2, 0) is 17.6 Å². The number of hydrogen-bond acceptors (Lipinski definition) is 2. The van der Waals surface area contributed by atoms with Crippen LogP contribution in [0.25, 0.3) is 0 Å². The smallest absolute Gasteiger partial charge is 0.250 e. The third-order valence-corrected chi connectivity index (χ3v) is 8.98. The van der Waals surface area contributed by atoms with Crippen LogP contribution in [0.3, 0.4) is 0 Å². The average Bonchev–Trinajstić information content (AvgIpc) is 2.37. The molecule has 0 aliphatic carbocycles. The van der Waals surface area contributed by atoms with Crippen molar-refractivity contribution in [2.75, 3.05) is 6.54 Å². The van der Waals surface area contributed by atoms with Crippen LogP contribution in [0.5, 0.6) is 0 Å². The van der Waals surface area contributed by atoms with Crippen LogP contribution < -0.4 is 5.32 Å². The van der Waals surface area contributed by atoms with Crippen molar-refractivity contribution >= 4 is 19.9 Å². The number of hydrogen-bond donors (Lipinski definition) is 1. The Morgan fingerprint density at radius 3 is 2.45 bits per heavy atom. The van der Waals surface area contributed by atoms with Gasteiger partial charge in [-0.1, -0.05) is 44.5 Å². The van der Waals surface area contributed by atoms with E-state index >= 15 is 0 Å². The van der Waals surface area contributed by atoms with Gasteiger partial charge < -0.3 is 9.74 Å². The molecular formula is C16H26ClF2NOSi. The lowest BCUT2D eigenvalue weighted by molar-refractivity contribution is 0.145. The highest BCUT2D eigenvalue weighted by molar-refractivity contribution is 6.74. The monoisotopic (exact) mass is 349 g/mol. The zero-order valence-corrected chi connectivity index (χ0v) is 15.7. The lowest BCUT2D eigenvalue weighted by Crippen LogP contribution is -2.40. The normalized spacial score (nSPS) is 13.0. The minimum atomic E-state index is -2.34. The first kappa shape index (κ1) is 19.6. The third kappa shape index (κ3) is 5.95. The van der Waals surface area contributed by atoms with Crippen molar-refractivity contribution in [1.29, 1.82) is 0 Å². The van der Waals surface area contributed by atoms with E-state index in [1.54, 1.807) is 6.07 Å². The highest BCUT2D eigenvalue weighted by Gasteiger charge is 2.37. The minimum absolute atomic E-state index is 0.135. The van der Waals surface area contributed by atoms with Gasteiger partial charge in [0.2, 0.25) is 0 Å². The molecule has 1 rings (SSSR count). The van der Waals surface area contributed by atoms with Gasteiger partial charge in [0.1, 0.15) is 0 Å². The Morgan fingerprint density at radius 2 is 1.91 bits per heavy atom. The topological polar surface area (TPSA) is 21.3 Å². The molecule has 0 fully saturated rings. The Balaban J connectivity index is 2.70. The van der Waals surface area contributed by atoms with Gasteiger partial charge in [0.25, 0.3) is 6.43 Å². The zero-order chi connectivity index (χ0) is 17.0. The van der Waals surface area contributed by atoms with Crippen LogP contribution in [-0.4, -0.2) is 21.3 Å². The fraction of sp³-hybridized carbons (Fsp3) is 0.625. The van der Waals surface area contributed by atoms with Crippen LogP contribution >= 0.6 is 11.6 Å². The van der Waals surface area contributed by atoms with E-state index in [9.17, 15) is 8.78 Å². The number of benzene rings is 1. The number of halogens is 3. The molecule has 0 radical (unpaired) electrons. The van der Waals surface area contributed by atoms with Crippen molar-refractivity contribution < 1.29 is 13.2 Å². The predicted octanol–water partition coefficient (Wildman–Crippen LogP) is 5.22. The second-order valence-electron chi connectivity index (χ2n) is 7.00. The average molecular weight is 350 g/mol. The van der Waals surface area contributed by atoms with Crippen LogP contribution in [0.1, 0.15) is 31.9 Å². The first-order chi connectivity index (χ1) is 10.0. The molecule has 0 aliphatic rings. The summed E-state index contributed by atoms with van der Waals surface area (Å²) >= 11 is 6.22. The Kier molecular flexibility index (Phi) is 6.99. The minimum Gasteiger partial charge on any atom is -0.413 e. The van der Waals surface area contributed by atoms with E-state index in [-0.39, 0.29) is 11.6 Å². The third-order valence-electron chi connectivity index (χ3n) is 4.13. The fourth-order valence-corrected chi connectivity index (χ4v) is 2.77. The maximum absolute atomic E-state index is 12.1. The van der Waals surface area contributed by atoms with Gasteiger partial charge in [-0.05, 0) is 35.3 Å². The second kappa shape index (κ2) is 7.86. The van der Waals surface area contributed by atoms with Gasteiger partial charge in [0.15, 0.2) is 8.32 Å². The maximum Gasteiger partial charge on any atom is 0.250 e. The molecule has 22 heavy (non-hydrogen) atoms. The molecule has 1 aromatic carbocycles. The summed E-state index contributed by atoms with van der Waals surface area (Å²) < 4.78 is 30.5. The Bertz CT molecular complexity index is 490. The van der Waals surface area contributed by atoms with E-state index < -0.39 is 14.7 Å². The summed E-state index contributed by atoms with van der Waals surface area (Å²) in [5.41, 5.74) is 1.83. The molecule has 126 valence electrons. The van der Waals surface area contributed by atoms with E-state index in [0.29, 0.717) is 18.2 Å². The number of nitrogens with one attached hydrogen (secondary N) is 1. The van der Waals surface area contributed by atoms with Gasteiger partial charge in [0.05, 0.1) is 13.2 Å². The van der Waals surface area contributed by atoms with E-state index in [1.165, 1.54) is 0 Å². The maximum atomic E-state index is 12.1. The van der Waals surface area contributed by atoms with Crippen molar-refractivity contribution in [1.82, 2.24) is 5.32 Å². The summed E-state index contributed by atoms with van der Waals surface area (Å²) in [6.07, 6.45) is -2.34. The highest BCUT2D eigenvalue weighted by Crippen LogP contribution is 2.37.